The van der Waals surface area contributed by atoms with Crippen LogP contribution in [0.1, 0.15) is 29.9 Å². The Kier molecular flexibility index (Phi) is 5.17. The molecule has 0 atom stereocenters. The lowest BCUT2D eigenvalue weighted by Crippen LogP contribution is -2.28. The number of pyridine rings is 2. The van der Waals surface area contributed by atoms with E-state index in [1.54, 1.807) is 29.3 Å². The van der Waals surface area contributed by atoms with E-state index in [-0.39, 0.29) is 17.6 Å². The molecule has 1 aliphatic carbocycles. The van der Waals surface area contributed by atoms with Gasteiger partial charge in [0, 0.05) is 45.1 Å². The standard InChI is InChI=1S/C26H23FN4O2S/c1-30-10-11-31(26(30)32)15-16-2-6-20(29-14-16)24-13-21-25(34-24)23(8-9-28-21)33-22-7-5-18(12-19(22)27)17-3-4-17/h2,5-9,12-14,17H,3-4,10-11,15H2,1H3. The van der Waals surface area contributed by atoms with Crippen molar-refractivity contribution in [2.75, 3.05) is 20.1 Å². The minimum Gasteiger partial charge on any atom is -0.453 e. The number of carbonyl (C=O) groups excluding carboxylic acids is 1. The summed E-state index contributed by atoms with van der Waals surface area (Å²) in [6, 6.07) is 13.0. The molecule has 2 aliphatic rings. The molecule has 1 aromatic carbocycles. The lowest BCUT2D eigenvalue weighted by molar-refractivity contribution is 0.197. The van der Waals surface area contributed by atoms with E-state index in [1.807, 2.05) is 42.4 Å². The normalized spacial score (nSPS) is 16.0. The predicted octanol–water partition coefficient (Wildman–Crippen LogP) is 6.03. The van der Waals surface area contributed by atoms with Crippen molar-refractivity contribution in [3.05, 3.63) is 71.8 Å². The third kappa shape index (κ3) is 3.98. The van der Waals surface area contributed by atoms with Crippen LogP contribution in [0.15, 0.2) is 54.9 Å². The summed E-state index contributed by atoms with van der Waals surface area (Å²) in [4.78, 5) is 25.7. The van der Waals surface area contributed by atoms with E-state index in [4.69, 9.17) is 4.74 Å². The van der Waals surface area contributed by atoms with Gasteiger partial charge >= 0.3 is 6.03 Å². The Labute approximate surface area is 200 Å². The van der Waals surface area contributed by atoms with E-state index < -0.39 is 0 Å². The van der Waals surface area contributed by atoms with Crippen molar-refractivity contribution < 1.29 is 13.9 Å². The van der Waals surface area contributed by atoms with E-state index >= 15 is 0 Å². The van der Waals surface area contributed by atoms with Gasteiger partial charge in [0.1, 0.15) is 5.75 Å². The molecule has 2 fully saturated rings. The summed E-state index contributed by atoms with van der Waals surface area (Å²) >= 11 is 1.52. The van der Waals surface area contributed by atoms with Crippen LogP contribution in [0.25, 0.3) is 20.8 Å². The molecule has 1 saturated carbocycles. The Morgan fingerprint density at radius 3 is 2.68 bits per heavy atom. The van der Waals surface area contributed by atoms with Gasteiger partial charge in [0.05, 0.1) is 20.8 Å². The Bertz CT molecular complexity index is 1380. The van der Waals surface area contributed by atoms with Crippen LogP contribution in [-0.4, -0.2) is 45.9 Å². The first-order chi connectivity index (χ1) is 16.5. The Morgan fingerprint density at radius 1 is 1.09 bits per heavy atom. The highest BCUT2D eigenvalue weighted by atomic mass is 32.1. The Morgan fingerprint density at radius 2 is 1.97 bits per heavy atom. The van der Waals surface area contributed by atoms with Crippen LogP contribution in [0.4, 0.5) is 9.18 Å². The molecule has 2 amide bonds. The van der Waals surface area contributed by atoms with Crippen molar-refractivity contribution in [3.8, 4) is 22.1 Å². The first kappa shape index (κ1) is 21.0. The van der Waals surface area contributed by atoms with Crippen molar-refractivity contribution in [1.82, 2.24) is 19.8 Å². The summed E-state index contributed by atoms with van der Waals surface area (Å²) in [5.74, 6) is 0.946. The summed E-state index contributed by atoms with van der Waals surface area (Å²) < 4.78 is 21.5. The lowest BCUT2D eigenvalue weighted by Gasteiger charge is -2.15. The molecule has 34 heavy (non-hydrogen) atoms. The van der Waals surface area contributed by atoms with E-state index in [1.165, 1.54) is 11.3 Å². The topological polar surface area (TPSA) is 58.6 Å². The maximum Gasteiger partial charge on any atom is 0.320 e. The SMILES string of the molecule is CN1CCN(Cc2ccc(-c3cc4nccc(Oc5ccc(C6CC6)cc5F)c4s3)nc2)C1=O. The molecule has 1 aliphatic heterocycles. The number of likely N-dealkylation sites (N-methyl/N-ethyl adjacent to an activating group) is 1. The number of rotatable bonds is 6. The molecular weight excluding hydrogens is 451 g/mol. The number of aromatic nitrogens is 2. The number of fused-ring (bicyclic) bond motifs is 1. The van der Waals surface area contributed by atoms with E-state index in [9.17, 15) is 9.18 Å². The largest absolute Gasteiger partial charge is 0.453 e. The molecule has 4 heterocycles. The van der Waals surface area contributed by atoms with Gasteiger partial charge in [-0.25, -0.2) is 9.18 Å². The highest BCUT2D eigenvalue weighted by Gasteiger charge is 2.26. The number of ether oxygens (including phenoxy) is 1. The number of carbonyl (C=O) groups is 1. The van der Waals surface area contributed by atoms with Gasteiger partial charge in [-0.15, -0.1) is 11.3 Å². The zero-order valence-corrected chi connectivity index (χ0v) is 19.5. The minimum atomic E-state index is -0.342. The number of amides is 2. The molecular formula is C26H23FN4O2S. The van der Waals surface area contributed by atoms with Gasteiger partial charge < -0.3 is 14.5 Å². The number of thiophene rings is 1. The summed E-state index contributed by atoms with van der Waals surface area (Å²) in [5, 5.41) is 0. The molecule has 6 nitrogen and oxygen atoms in total. The summed E-state index contributed by atoms with van der Waals surface area (Å²) in [5.41, 5.74) is 3.63. The third-order valence-electron chi connectivity index (χ3n) is 6.35. The molecule has 8 heteroatoms. The molecule has 0 unspecified atom stereocenters. The highest BCUT2D eigenvalue weighted by molar-refractivity contribution is 7.22. The van der Waals surface area contributed by atoms with Crippen LogP contribution in [0.3, 0.4) is 0 Å². The van der Waals surface area contributed by atoms with Crippen molar-refractivity contribution in [3.63, 3.8) is 0 Å². The van der Waals surface area contributed by atoms with Gasteiger partial charge in [0.2, 0.25) is 0 Å². The minimum absolute atomic E-state index is 0.0470. The van der Waals surface area contributed by atoms with Crippen LogP contribution in [0.5, 0.6) is 11.5 Å². The monoisotopic (exact) mass is 474 g/mol. The van der Waals surface area contributed by atoms with Crippen LogP contribution in [0, 0.1) is 5.82 Å². The quantitative estimate of drug-likeness (QED) is 0.342. The van der Waals surface area contributed by atoms with Gasteiger partial charge in [-0.3, -0.25) is 9.97 Å². The highest BCUT2D eigenvalue weighted by Crippen LogP contribution is 2.42. The van der Waals surface area contributed by atoms with Crippen molar-refractivity contribution in [2.24, 2.45) is 0 Å². The molecule has 4 aromatic rings. The summed E-state index contributed by atoms with van der Waals surface area (Å²) in [7, 11) is 1.81. The fraction of sp³-hybridized carbons (Fsp3) is 0.269. The molecule has 0 N–H and O–H groups in total. The average molecular weight is 475 g/mol. The van der Waals surface area contributed by atoms with E-state index in [2.05, 4.69) is 9.97 Å². The van der Waals surface area contributed by atoms with Crippen LogP contribution < -0.4 is 4.74 Å². The molecule has 3 aromatic heterocycles. The Hall–Kier alpha value is -3.52. The maximum absolute atomic E-state index is 14.6. The molecule has 1 saturated heterocycles. The zero-order chi connectivity index (χ0) is 23.2. The fourth-order valence-electron chi connectivity index (χ4n) is 4.24. The molecule has 0 radical (unpaired) electrons. The smallest absolute Gasteiger partial charge is 0.320 e. The molecule has 172 valence electrons. The van der Waals surface area contributed by atoms with E-state index in [0.29, 0.717) is 18.2 Å². The molecule has 6 rings (SSSR count). The lowest BCUT2D eigenvalue weighted by atomic mass is 10.1. The zero-order valence-electron chi connectivity index (χ0n) is 18.7. The second-order valence-corrected chi connectivity index (χ2v) is 9.93. The summed E-state index contributed by atoms with van der Waals surface area (Å²) in [6.07, 6.45) is 5.74. The van der Waals surface area contributed by atoms with Crippen molar-refractivity contribution in [1.29, 1.82) is 0 Å². The van der Waals surface area contributed by atoms with Crippen molar-refractivity contribution >= 4 is 27.6 Å². The number of benzene rings is 1. The number of hydrogen-bond acceptors (Lipinski definition) is 5. The maximum atomic E-state index is 14.6. The molecule has 0 spiro atoms. The average Bonchev–Trinajstić information content (AvgIpc) is 3.53. The fourth-order valence-corrected chi connectivity index (χ4v) is 5.29. The van der Waals surface area contributed by atoms with Crippen molar-refractivity contribution in [2.45, 2.75) is 25.3 Å². The second kappa shape index (κ2) is 8.36. The number of hydrogen-bond donors (Lipinski definition) is 0. The van der Waals surface area contributed by atoms with Gasteiger partial charge in [0.25, 0.3) is 0 Å². The summed E-state index contributed by atoms with van der Waals surface area (Å²) in [6.45, 7) is 2.03. The number of nitrogens with zero attached hydrogens (tertiary/aromatic N) is 4. The second-order valence-electron chi connectivity index (χ2n) is 8.88. The van der Waals surface area contributed by atoms with Crippen LogP contribution in [0.2, 0.25) is 0 Å². The molecule has 0 bridgehead atoms. The van der Waals surface area contributed by atoms with Gasteiger partial charge in [-0.1, -0.05) is 12.1 Å². The first-order valence-electron chi connectivity index (χ1n) is 11.4. The number of urea groups is 1. The van der Waals surface area contributed by atoms with Gasteiger partial charge in [0.15, 0.2) is 11.6 Å². The predicted molar refractivity (Wildman–Crippen MR) is 130 cm³/mol. The Balaban J connectivity index is 1.23. The van der Waals surface area contributed by atoms with Gasteiger partial charge in [-0.05, 0) is 54.2 Å². The van der Waals surface area contributed by atoms with Gasteiger partial charge in [-0.2, -0.15) is 0 Å². The third-order valence-corrected chi connectivity index (χ3v) is 7.51. The van der Waals surface area contributed by atoms with Crippen LogP contribution >= 0.6 is 11.3 Å². The number of halogens is 1. The van der Waals surface area contributed by atoms with E-state index in [0.717, 1.165) is 57.8 Å². The first-order valence-corrected chi connectivity index (χ1v) is 12.2. The van der Waals surface area contributed by atoms with Crippen LogP contribution in [-0.2, 0) is 6.54 Å².